The minimum atomic E-state index is 0.347. The van der Waals surface area contributed by atoms with Gasteiger partial charge >= 0.3 is 0 Å². The average Bonchev–Trinajstić information content (AvgIpc) is 2.73. The van der Waals surface area contributed by atoms with E-state index < -0.39 is 0 Å². The van der Waals surface area contributed by atoms with E-state index in [2.05, 4.69) is 24.9 Å². The lowest BCUT2D eigenvalue weighted by Crippen LogP contribution is -2.20. The molecule has 2 N–H and O–H groups in total. The molecule has 0 aliphatic carbocycles. The molecule has 1 heterocycles. The van der Waals surface area contributed by atoms with Crippen LogP contribution in [0.2, 0.25) is 5.02 Å². The summed E-state index contributed by atoms with van der Waals surface area (Å²) in [5.41, 5.74) is 8.11. The summed E-state index contributed by atoms with van der Waals surface area (Å²) >= 11 is 6.43. The molecule has 0 bridgehead atoms. The molecular weight excluding hydrogens is 248 g/mol. The molecule has 2 atom stereocenters. The van der Waals surface area contributed by atoms with Crippen molar-refractivity contribution >= 4 is 11.6 Å². The summed E-state index contributed by atoms with van der Waals surface area (Å²) in [5.74, 6) is 1.32. The zero-order valence-corrected chi connectivity index (χ0v) is 12.0. The number of halogens is 1. The van der Waals surface area contributed by atoms with Gasteiger partial charge in [-0.2, -0.15) is 0 Å². The predicted octanol–water partition coefficient (Wildman–Crippen LogP) is 2.61. The molecule has 0 aromatic heterocycles. The van der Waals surface area contributed by atoms with Crippen molar-refractivity contribution in [1.29, 1.82) is 0 Å². The molecule has 2 rings (SSSR count). The van der Waals surface area contributed by atoms with Crippen LogP contribution in [0.5, 0.6) is 5.75 Å². The predicted molar refractivity (Wildman–Crippen MR) is 75.3 cm³/mol. The molecule has 1 aromatic carbocycles. The first-order valence-corrected chi connectivity index (χ1v) is 6.69. The van der Waals surface area contributed by atoms with E-state index >= 15 is 0 Å². The Morgan fingerprint density at radius 2 is 2.22 bits per heavy atom. The number of aryl methyl sites for hydroxylation is 1. The van der Waals surface area contributed by atoms with E-state index in [4.69, 9.17) is 22.1 Å². The number of nitrogens with zero attached hydrogens (tertiary/aromatic N) is 1. The largest absolute Gasteiger partial charge is 0.495 e. The maximum absolute atomic E-state index is 6.43. The van der Waals surface area contributed by atoms with Crippen LogP contribution in [0, 0.1) is 12.8 Å². The topological polar surface area (TPSA) is 38.5 Å². The molecule has 0 radical (unpaired) electrons. The molecule has 1 saturated heterocycles. The van der Waals surface area contributed by atoms with Gasteiger partial charge in [0.1, 0.15) is 5.75 Å². The van der Waals surface area contributed by atoms with E-state index in [1.807, 2.05) is 6.07 Å². The summed E-state index contributed by atoms with van der Waals surface area (Å²) in [5, 5.41) is 0.734. The van der Waals surface area contributed by atoms with Gasteiger partial charge in [-0.15, -0.1) is 0 Å². The minimum absolute atomic E-state index is 0.347. The first kappa shape index (κ1) is 13.7. The van der Waals surface area contributed by atoms with E-state index in [1.54, 1.807) is 7.11 Å². The van der Waals surface area contributed by atoms with E-state index in [9.17, 15) is 0 Å². The van der Waals surface area contributed by atoms with Gasteiger partial charge in [0.25, 0.3) is 0 Å². The Hall–Kier alpha value is -0.770. The number of rotatable bonds is 3. The number of ether oxygens (including phenoxy) is 1. The highest BCUT2D eigenvalue weighted by molar-refractivity contribution is 6.32. The third kappa shape index (κ3) is 2.48. The monoisotopic (exact) mass is 268 g/mol. The smallest absolute Gasteiger partial charge is 0.138 e. The van der Waals surface area contributed by atoms with Crippen molar-refractivity contribution in [3.05, 3.63) is 28.3 Å². The summed E-state index contributed by atoms with van der Waals surface area (Å²) in [4.78, 5) is 2.33. The molecule has 1 aliphatic heterocycles. The average molecular weight is 269 g/mol. The van der Waals surface area contributed by atoms with Crippen molar-refractivity contribution < 1.29 is 4.74 Å². The van der Waals surface area contributed by atoms with Crippen LogP contribution in [0.4, 0.5) is 0 Å². The summed E-state index contributed by atoms with van der Waals surface area (Å²) in [7, 11) is 3.79. The van der Waals surface area contributed by atoms with Gasteiger partial charge in [0.2, 0.25) is 0 Å². The minimum Gasteiger partial charge on any atom is -0.495 e. The molecular formula is C14H21ClN2O. The lowest BCUT2D eigenvalue weighted by Gasteiger charge is -2.22. The van der Waals surface area contributed by atoms with E-state index in [-0.39, 0.29) is 0 Å². The van der Waals surface area contributed by atoms with Gasteiger partial charge in [0.15, 0.2) is 0 Å². The Labute approximate surface area is 114 Å². The maximum atomic E-state index is 6.43. The number of hydrogen-bond acceptors (Lipinski definition) is 3. The molecule has 0 spiro atoms. The van der Waals surface area contributed by atoms with Crippen LogP contribution in [-0.4, -0.2) is 32.1 Å². The van der Waals surface area contributed by atoms with Crippen LogP contribution in [0.25, 0.3) is 0 Å². The number of benzene rings is 1. The van der Waals surface area contributed by atoms with Crippen molar-refractivity contribution in [3.63, 3.8) is 0 Å². The SMILES string of the molecule is COc1cc(C)cc(C2CC(CN)CN2C)c1Cl. The van der Waals surface area contributed by atoms with Gasteiger partial charge in [-0.25, -0.2) is 0 Å². The lowest BCUT2D eigenvalue weighted by atomic mass is 9.98. The van der Waals surface area contributed by atoms with E-state index in [0.29, 0.717) is 12.0 Å². The van der Waals surface area contributed by atoms with Gasteiger partial charge in [0, 0.05) is 12.6 Å². The zero-order valence-electron chi connectivity index (χ0n) is 11.2. The van der Waals surface area contributed by atoms with Crippen LogP contribution in [0.15, 0.2) is 12.1 Å². The fraction of sp³-hybridized carbons (Fsp3) is 0.571. The summed E-state index contributed by atoms with van der Waals surface area (Å²) in [6, 6.07) is 4.48. The zero-order chi connectivity index (χ0) is 13.3. The van der Waals surface area contributed by atoms with Crippen LogP contribution in [0.1, 0.15) is 23.6 Å². The van der Waals surface area contributed by atoms with Gasteiger partial charge in [-0.3, -0.25) is 4.90 Å². The van der Waals surface area contributed by atoms with Crippen LogP contribution in [-0.2, 0) is 0 Å². The molecule has 18 heavy (non-hydrogen) atoms. The molecule has 1 aromatic rings. The van der Waals surface area contributed by atoms with Crippen molar-refractivity contribution in [1.82, 2.24) is 4.90 Å². The number of likely N-dealkylation sites (tertiary alicyclic amines) is 1. The van der Waals surface area contributed by atoms with E-state index in [1.165, 1.54) is 5.56 Å². The molecule has 1 fully saturated rings. The number of hydrogen-bond donors (Lipinski definition) is 1. The molecule has 0 amide bonds. The Kier molecular flexibility index (Phi) is 4.15. The quantitative estimate of drug-likeness (QED) is 0.916. The lowest BCUT2D eigenvalue weighted by molar-refractivity contribution is 0.312. The Bertz CT molecular complexity index is 436. The molecule has 100 valence electrons. The third-order valence-corrected chi connectivity index (χ3v) is 4.16. The van der Waals surface area contributed by atoms with Gasteiger partial charge < -0.3 is 10.5 Å². The summed E-state index contributed by atoms with van der Waals surface area (Å²) < 4.78 is 5.34. The van der Waals surface area contributed by atoms with Gasteiger partial charge in [-0.1, -0.05) is 17.7 Å². The van der Waals surface area contributed by atoms with Crippen LogP contribution in [0.3, 0.4) is 0 Å². The number of nitrogens with two attached hydrogens (primary N) is 1. The maximum Gasteiger partial charge on any atom is 0.138 e. The molecule has 4 heteroatoms. The first-order valence-electron chi connectivity index (χ1n) is 6.31. The number of methoxy groups -OCH3 is 1. The standard InChI is InChI=1S/C14H21ClN2O/c1-9-4-11(14(15)13(5-9)18-3)12-6-10(7-16)8-17(12)2/h4-5,10,12H,6-8,16H2,1-3H3. The van der Waals surface area contributed by atoms with Gasteiger partial charge in [0.05, 0.1) is 12.1 Å². The Morgan fingerprint density at radius 1 is 1.50 bits per heavy atom. The molecule has 3 nitrogen and oxygen atoms in total. The molecule has 2 unspecified atom stereocenters. The first-order chi connectivity index (χ1) is 8.56. The Morgan fingerprint density at radius 3 is 2.78 bits per heavy atom. The fourth-order valence-corrected chi connectivity index (χ4v) is 3.11. The van der Waals surface area contributed by atoms with Crippen LogP contribution >= 0.6 is 11.6 Å². The highest BCUT2D eigenvalue weighted by atomic mass is 35.5. The summed E-state index contributed by atoms with van der Waals surface area (Å²) in [6.07, 6.45) is 1.07. The highest BCUT2D eigenvalue weighted by Gasteiger charge is 2.31. The fourth-order valence-electron chi connectivity index (χ4n) is 2.79. The molecule has 0 saturated carbocycles. The van der Waals surface area contributed by atoms with Gasteiger partial charge in [-0.05, 0) is 50.0 Å². The third-order valence-electron chi connectivity index (χ3n) is 3.76. The Balaban J connectivity index is 2.36. The van der Waals surface area contributed by atoms with Crippen molar-refractivity contribution in [2.45, 2.75) is 19.4 Å². The second kappa shape index (κ2) is 5.47. The second-order valence-corrected chi connectivity index (χ2v) is 5.54. The van der Waals surface area contributed by atoms with Crippen LogP contribution < -0.4 is 10.5 Å². The van der Waals surface area contributed by atoms with Crippen molar-refractivity contribution in [2.75, 3.05) is 27.2 Å². The van der Waals surface area contributed by atoms with E-state index in [0.717, 1.165) is 35.8 Å². The highest BCUT2D eigenvalue weighted by Crippen LogP contribution is 2.41. The normalized spacial score (nSPS) is 24.5. The van der Waals surface area contributed by atoms with Crippen molar-refractivity contribution in [3.8, 4) is 5.75 Å². The molecule has 1 aliphatic rings. The summed E-state index contributed by atoms with van der Waals surface area (Å²) in [6.45, 7) is 3.84. The van der Waals surface area contributed by atoms with Crippen molar-refractivity contribution in [2.24, 2.45) is 11.7 Å². The second-order valence-electron chi connectivity index (χ2n) is 5.16.